The third-order valence-corrected chi connectivity index (χ3v) is 6.62. The van der Waals surface area contributed by atoms with Crippen molar-refractivity contribution in [1.29, 1.82) is 0 Å². The molecule has 9 heteroatoms. The van der Waals surface area contributed by atoms with Gasteiger partial charge in [0.25, 0.3) is 5.91 Å². The molecule has 150 valence electrons. The minimum absolute atomic E-state index is 0.00576. The molecule has 0 aliphatic rings. The maximum Gasteiger partial charge on any atom is 0.255 e. The number of carbonyl (C=O) groups is 1. The number of hydrazone groups is 1. The average molecular weight is 468 g/mol. The van der Waals surface area contributed by atoms with E-state index in [0.29, 0.717) is 16.7 Å². The first-order valence-electron chi connectivity index (χ1n) is 8.37. The number of aryl methyl sites for hydroxylation is 3. The molecule has 0 bridgehead atoms. The average Bonchev–Trinajstić information content (AvgIpc) is 2.56. The molecular formula is C19H22BrN3O4S. The molecule has 0 fully saturated rings. The molecule has 2 aromatic rings. The second kappa shape index (κ2) is 8.85. The second-order valence-electron chi connectivity index (χ2n) is 6.49. The molecule has 0 spiro atoms. The van der Waals surface area contributed by atoms with Gasteiger partial charge in [0, 0.05) is 17.1 Å². The Kier molecular flexibility index (Phi) is 6.97. The standard InChI is InChI=1S/C19H22BrN3O4S/c1-12-7-13(2)19(14(3)8-12)28(26,27)23(4)11-18(25)22-21-10-15-9-16(20)5-6-17(15)24/h5-10,24H,11H2,1-4H3,(H,22,25). The molecule has 0 unspecified atom stereocenters. The van der Waals surface area contributed by atoms with E-state index in [9.17, 15) is 18.3 Å². The van der Waals surface area contributed by atoms with Crippen molar-refractivity contribution in [1.82, 2.24) is 9.73 Å². The van der Waals surface area contributed by atoms with E-state index < -0.39 is 22.5 Å². The highest BCUT2D eigenvalue weighted by Crippen LogP contribution is 2.24. The fourth-order valence-electron chi connectivity index (χ4n) is 2.85. The number of carbonyl (C=O) groups excluding carboxylic acids is 1. The van der Waals surface area contributed by atoms with Crippen molar-refractivity contribution in [3.8, 4) is 5.75 Å². The molecule has 0 saturated carbocycles. The van der Waals surface area contributed by atoms with Gasteiger partial charge in [-0.2, -0.15) is 9.41 Å². The summed E-state index contributed by atoms with van der Waals surface area (Å²) in [6.07, 6.45) is 1.28. The first-order valence-corrected chi connectivity index (χ1v) is 10.6. The molecular weight excluding hydrogens is 446 g/mol. The van der Waals surface area contributed by atoms with Crippen molar-refractivity contribution in [2.45, 2.75) is 25.7 Å². The lowest BCUT2D eigenvalue weighted by molar-refractivity contribution is -0.121. The van der Waals surface area contributed by atoms with Crippen LogP contribution in [0, 0.1) is 20.8 Å². The van der Waals surface area contributed by atoms with Crippen LogP contribution in [-0.4, -0.2) is 43.5 Å². The Balaban J connectivity index is 2.09. The summed E-state index contributed by atoms with van der Waals surface area (Å²) in [5.41, 5.74) is 4.91. The second-order valence-corrected chi connectivity index (χ2v) is 9.38. The maximum atomic E-state index is 12.9. The van der Waals surface area contributed by atoms with Gasteiger partial charge >= 0.3 is 0 Å². The molecule has 7 nitrogen and oxygen atoms in total. The Labute approximate surface area is 173 Å². The molecule has 1 amide bonds. The first kappa shape index (κ1) is 22.1. The summed E-state index contributed by atoms with van der Waals surface area (Å²) in [5, 5.41) is 13.5. The van der Waals surface area contributed by atoms with Crippen LogP contribution in [0.2, 0.25) is 0 Å². The molecule has 0 aliphatic carbocycles. The van der Waals surface area contributed by atoms with Crippen molar-refractivity contribution < 1.29 is 18.3 Å². The number of amides is 1. The third-order valence-electron chi connectivity index (χ3n) is 4.02. The summed E-state index contributed by atoms with van der Waals surface area (Å²) in [4.78, 5) is 12.3. The molecule has 2 aromatic carbocycles. The summed E-state index contributed by atoms with van der Waals surface area (Å²) < 4.78 is 27.5. The summed E-state index contributed by atoms with van der Waals surface area (Å²) >= 11 is 3.28. The quantitative estimate of drug-likeness (QED) is 0.503. The molecule has 28 heavy (non-hydrogen) atoms. The minimum atomic E-state index is -3.83. The highest BCUT2D eigenvalue weighted by molar-refractivity contribution is 9.10. The van der Waals surface area contributed by atoms with Gasteiger partial charge in [-0.15, -0.1) is 0 Å². The number of sulfonamides is 1. The van der Waals surface area contributed by atoms with Gasteiger partial charge in [0.1, 0.15) is 5.75 Å². The van der Waals surface area contributed by atoms with Crippen molar-refractivity contribution in [2.75, 3.05) is 13.6 Å². The zero-order valence-electron chi connectivity index (χ0n) is 16.0. The predicted octanol–water partition coefficient (Wildman–Crippen LogP) is 2.85. The van der Waals surface area contributed by atoms with Crippen LogP contribution >= 0.6 is 15.9 Å². The van der Waals surface area contributed by atoms with Crippen molar-refractivity contribution >= 4 is 38.1 Å². The van der Waals surface area contributed by atoms with Crippen molar-refractivity contribution in [2.24, 2.45) is 5.10 Å². The van der Waals surface area contributed by atoms with Gasteiger partial charge in [0.2, 0.25) is 10.0 Å². The van der Waals surface area contributed by atoms with E-state index in [4.69, 9.17) is 0 Å². The van der Waals surface area contributed by atoms with Crippen molar-refractivity contribution in [3.05, 3.63) is 57.1 Å². The number of nitrogens with zero attached hydrogens (tertiary/aromatic N) is 2. The van der Waals surface area contributed by atoms with Crippen LogP contribution in [0.4, 0.5) is 0 Å². The summed E-state index contributed by atoms with van der Waals surface area (Å²) in [5.74, 6) is -0.592. The van der Waals surface area contributed by atoms with Crippen LogP contribution in [0.15, 0.2) is 44.8 Å². The predicted molar refractivity (Wildman–Crippen MR) is 112 cm³/mol. The zero-order chi connectivity index (χ0) is 21.1. The monoisotopic (exact) mass is 467 g/mol. The van der Waals surface area contributed by atoms with Crippen LogP contribution < -0.4 is 5.43 Å². The fraction of sp³-hybridized carbons (Fsp3) is 0.263. The van der Waals surface area contributed by atoms with Crippen LogP contribution in [0.1, 0.15) is 22.3 Å². The van der Waals surface area contributed by atoms with Crippen LogP contribution in [0.5, 0.6) is 5.75 Å². The number of halogens is 1. The lowest BCUT2D eigenvalue weighted by Gasteiger charge is -2.19. The highest BCUT2D eigenvalue weighted by atomic mass is 79.9. The first-order chi connectivity index (χ1) is 13.0. The Morgan fingerprint density at radius 2 is 1.82 bits per heavy atom. The Morgan fingerprint density at radius 3 is 2.43 bits per heavy atom. The number of nitrogens with one attached hydrogen (secondary N) is 1. The topological polar surface area (TPSA) is 99.1 Å². The minimum Gasteiger partial charge on any atom is -0.507 e. The van der Waals surface area contributed by atoms with E-state index >= 15 is 0 Å². The zero-order valence-corrected chi connectivity index (χ0v) is 18.4. The van der Waals surface area contributed by atoms with Crippen LogP contribution in [-0.2, 0) is 14.8 Å². The lowest BCUT2D eigenvalue weighted by Crippen LogP contribution is -2.37. The number of phenols is 1. The Bertz CT molecular complexity index is 1010. The molecule has 0 aromatic heterocycles. The molecule has 0 radical (unpaired) electrons. The smallest absolute Gasteiger partial charge is 0.255 e. The largest absolute Gasteiger partial charge is 0.507 e. The van der Waals surface area contributed by atoms with Gasteiger partial charge in [0.15, 0.2) is 0 Å². The van der Waals surface area contributed by atoms with E-state index in [1.807, 2.05) is 6.92 Å². The maximum absolute atomic E-state index is 12.9. The summed E-state index contributed by atoms with van der Waals surface area (Å²) in [7, 11) is -2.48. The SMILES string of the molecule is Cc1cc(C)c(S(=O)(=O)N(C)CC(=O)NN=Cc2cc(Br)ccc2O)c(C)c1. The summed E-state index contributed by atoms with van der Waals surface area (Å²) in [6, 6.07) is 8.37. The summed E-state index contributed by atoms with van der Waals surface area (Å²) in [6.45, 7) is 4.97. The number of rotatable bonds is 6. The number of hydrogen-bond donors (Lipinski definition) is 2. The van der Waals surface area contributed by atoms with E-state index in [2.05, 4.69) is 26.5 Å². The number of likely N-dealkylation sites (N-methyl/N-ethyl adjacent to an activating group) is 1. The number of benzene rings is 2. The molecule has 2 rings (SSSR count). The van der Waals surface area contributed by atoms with Crippen molar-refractivity contribution in [3.63, 3.8) is 0 Å². The molecule has 0 atom stereocenters. The highest BCUT2D eigenvalue weighted by Gasteiger charge is 2.26. The van der Waals surface area contributed by atoms with E-state index in [-0.39, 0.29) is 10.6 Å². The van der Waals surface area contributed by atoms with Crippen LogP contribution in [0.25, 0.3) is 0 Å². The molecule has 0 heterocycles. The van der Waals surface area contributed by atoms with Gasteiger partial charge in [-0.05, 0) is 50.1 Å². The van der Waals surface area contributed by atoms with Gasteiger partial charge in [0.05, 0.1) is 17.7 Å². The van der Waals surface area contributed by atoms with Gasteiger partial charge in [-0.25, -0.2) is 13.8 Å². The van der Waals surface area contributed by atoms with E-state index in [1.54, 1.807) is 38.1 Å². The van der Waals surface area contributed by atoms with Gasteiger partial charge in [-0.3, -0.25) is 4.79 Å². The van der Waals surface area contributed by atoms with Gasteiger partial charge < -0.3 is 5.11 Å². The number of phenolic OH excluding ortho intramolecular Hbond substituents is 1. The van der Waals surface area contributed by atoms with Gasteiger partial charge in [-0.1, -0.05) is 33.6 Å². The Hall–Kier alpha value is -2.23. The van der Waals surface area contributed by atoms with E-state index in [0.717, 1.165) is 14.3 Å². The number of aromatic hydroxyl groups is 1. The fourth-order valence-corrected chi connectivity index (χ4v) is 4.76. The molecule has 0 saturated heterocycles. The normalized spacial score (nSPS) is 11.9. The third kappa shape index (κ3) is 5.18. The molecule has 0 aliphatic heterocycles. The number of hydrogen-bond acceptors (Lipinski definition) is 5. The van der Waals surface area contributed by atoms with E-state index in [1.165, 1.54) is 19.3 Å². The van der Waals surface area contributed by atoms with Crippen LogP contribution in [0.3, 0.4) is 0 Å². The Morgan fingerprint density at radius 1 is 1.21 bits per heavy atom. The lowest BCUT2D eigenvalue weighted by atomic mass is 10.1. The molecule has 2 N–H and O–H groups in total.